The Morgan fingerprint density at radius 1 is 1.53 bits per heavy atom. The molecule has 1 aromatic carbocycles. The molecule has 92 valence electrons. The second kappa shape index (κ2) is 5.14. The number of imidazole rings is 1. The highest BCUT2D eigenvalue weighted by Gasteiger charge is 2.12. The van der Waals surface area contributed by atoms with Crippen molar-refractivity contribution in [1.29, 1.82) is 0 Å². The van der Waals surface area contributed by atoms with Gasteiger partial charge in [0.1, 0.15) is 11.6 Å². The van der Waals surface area contributed by atoms with E-state index >= 15 is 0 Å². The van der Waals surface area contributed by atoms with E-state index in [-0.39, 0.29) is 11.7 Å². The number of rotatable bonds is 4. The van der Waals surface area contributed by atoms with Crippen molar-refractivity contribution in [3.8, 4) is 0 Å². The fraction of sp³-hybridized carbons (Fsp3) is 0.417. The normalized spacial score (nSPS) is 13.2. The molecule has 1 heterocycles. The van der Waals surface area contributed by atoms with Gasteiger partial charge in [-0.15, -0.1) is 0 Å². The molecule has 1 aromatic heterocycles. The van der Waals surface area contributed by atoms with Crippen molar-refractivity contribution in [2.24, 2.45) is 0 Å². The quantitative estimate of drug-likeness (QED) is 0.910. The largest absolute Gasteiger partial charge is 0.342 e. The Labute approximate surface area is 108 Å². The molecule has 0 radical (unpaired) electrons. The zero-order valence-corrected chi connectivity index (χ0v) is 11.4. The van der Waals surface area contributed by atoms with E-state index in [4.69, 9.17) is 0 Å². The molecule has 0 aliphatic heterocycles. The summed E-state index contributed by atoms with van der Waals surface area (Å²) in [6.07, 6.45) is 0. The average Bonchev–Trinajstić information content (AvgIpc) is 2.69. The molecular weight excluding hydrogens is 285 g/mol. The topological polar surface area (TPSA) is 40.7 Å². The molecule has 0 saturated carbocycles. The van der Waals surface area contributed by atoms with Crippen molar-refractivity contribution in [2.75, 3.05) is 13.1 Å². The van der Waals surface area contributed by atoms with Crippen molar-refractivity contribution in [3.63, 3.8) is 0 Å². The molecule has 2 aromatic rings. The van der Waals surface area contributed by atoms with Crippen LogP contribution in [0.2, 0.25) is 0 Å². The van der Waals surface area contributed by atoms with E-state index < -0.39 is 0 Å². The fourth-order valence-electron chi connectivity index (χ4n) is 1.72. The molecule has 0 bridgehead atoms. The summed E-state index contributed by atoms with van der Waals surface area (Å²) in [5.74, 6) is 0.898. The molecule has 5 heteroatoms. The summed E-state index contributed by atoms with van der Waals surface area (Å²) in [5, 5.41) is 3.27. The van der Waals surface area contributed by atoms with Gasteiger partial charge in [-0.25, -0.2) is 9.37 Å². The van der Waals surface area contributed by atoms with E-state index in [9.17, 15) is 4.39 Å². The molecule has 17 heavy (non-hydrogen) atoms. The van der Waals surface area contributed by atoms with E-state index in [1.54, 1.807) is 6.07 Å². The van der Waals surface area contributed by atoms with E-state index in [0.717, 1.165) is 29.9 Å². The third-order valence-corrected chi connectivity index (χ3v) is 3.32. The van der Waals surface area contributed by atoms with E-state index in [2.05, 4.69) is 45.1 Å². The van der Waals surface area contributed by atoms with Gasteiger partial charge in [0.25, 0.3) is 0 Å². The molecule has 3 nitrogen and oxygen atoms in total. The number of hydrogen-bond acceptors (Lipinski definition) is 2. The summed E-state index contributed by atoms with van der Waals surface area (Å²) in [4.78, 5) is 7.64. The van der Waals surface area contributed by atoms with Gasteiger partial charge in [-0.2, -0.15) is 0 Å². The average molecular weight is 300 g/mol. The number of halogens is 2. The minimum Gasteiger partial charge on any atom is -0.342 e. The molecule has 0 aliphatic carbocycles. The standard InChI is InChI=1S/C12H15BrFN3/c1-3-15-6-7(2)12-16-10-4-8(13)9(14)5-11(10)17-12/h4-5,7,15H,3,6H2,1-2H3,(H,16,17). The van der Waals surface area contributed by atoms with E-state index in [1.165, 1.54) is 6.07 Å². The highest BCUT2D eigenvalue weighted by Crippen LogP contribution is 2.23. The molecule has 0 fully saturated rings. The van der Waals surface area contributed by atoms with Crippen LogP contribution in [-0.4, -0.2) is 23.1 Å². The van der Waals surface area contributed by atoms with Gasteiger partial charge in [0.15, 0.2) is 0 Å². The van der Waals surface area contributed by atoms with Crippen molar-refractivity contribution >= 4 is 27.0 Å². The molecule has 0 aliphatic rings. The second-order valence-electron chi connectivity index (χ2n) is 4.11. The van der Waals surface area contributed by atoms with Crippen molar-refractivity contribution in [2.45, 2.75) is 19.8 Å². The van der Waals surface area contributed by atoms with Crippen LogP contribution in [0.25, 0.3) is 11.0 Å². The van der Waals surface area contributed by atoms with Gasteiger partial charge < -0.3 is 10.3 Å². The number of benzene rings is 1. The molecule has 0 amide bonds. The molecular formula is C12H15BrFN3. The molecule has 0 spiro atoms. The Kier molecular flexibility index (Phi) is 3.79. The number of aromatic nitrogens is 2. The first kappa shape index (κ1) is 12.5. The third-order valence-electron chi connectivity index (χ3n) is 2.71. The van der Waals surface area contributed by atoms with Crippen LogP contribution in [0.1, 0.15) is 25.6 Å². The minimum atomic E-state index is -0.271. The zero-order chi connectivity index (χ0) is 12.4. The van der Waals surface area contributed by atoms with Crippen LogP contribution in [0.3, 0.4) is 0 Å². The Morgan fingerprint density at radius 2 is 2.29 bits per heavy atom. The van der Waals surface area contributed by atoms with Gasteiger partial charge in [-0.05, 0) is 28.5 Å². The molecule has 2 rings (SSSR count). The maximum absolute atomic E-state index is 13.4. The summed E-state index contributed by atoms with van der Waals surface area (Å²) in [7, 11) is 0. The lowest BCUT2D eigenvalue weighted by Gasteiger charge is -2.07. The fourth-order valence-corrected chi connectivity index (χ4v) is 2.05. The summed E-state index contributed by atoms with van der Waals surface area (Å²) in [6.45, 7) is 5.95. The predicted molar refractivity (Wildman–Crippen MR) is 70.7 cm³/mol. The van der Waals surface area contributed by atoms with Crippen LogP contribution in [-0.2, 0) is 0 Å². The lowest BCUT2D eigenvalue weighted by molar-refractivity contribution is 0.614. The smallest absolute Gasteiger partial charge is 0.139 e. The minimum absolute atomic E-state index is 0.271. The van der Waals surface area contributed by atoms with Crippen LogP contribution in [0.15, 0.2) is 16.6 Å². The van der Waals surface area contributed by atoms with Crippen LogP contribution in [0, 0.1) is 5.82 Å². The lowest BCUT2D eigenvalue weighted by Crippen LogP contribution is -2.19. The SMILES string of the molecule is CCNCC(C)c1nc2cc(Br)c(F)cc2[nH]1. The second-order valence-corrected chi connectivity index (χ2v) is 4.97. The molecule has 0 saturated heterocycles. The Balaban J connectivity index is 2.31. The molecule has 1 atom stereocenters. The lowest BCUT2D eigenvalue weighted by atomic mass is 10.2. The maximum Gasteiger partial charge on any atom is 0.139 e. The van der Waals surface area contributed by atoms with E-state index in [0.29, 0.717) is 4.47 Å². The Bertz CT molecular complexity index is 485. The highest BCUT2D eigenvalue weighted by atomic mass is 79.9. The van der Waals surface area contributed by atoms with Crippen molar-refractivity contribution in [3.05, 3.63) is 28.2 Å². The van der Waals surface area contributed by atoms with Crippen LogP contribution >= 0.6 is 15.9 Å². The van der Waals surface area contributed by atoms with Crippen molar-refractivity contribution < 1.29 is 4.39 Å². The number of nitrogens with one attached hydrogen (secondary N) is 2. The van der Waals surface area contributed by atoms with Gasteiger partial charge in [0.2, 0.25) is 0 Å². The van der Waals surface area contributed by atoms with Crippen LogP contribution < -0.4 is 5.32 Å². The monoisotopic (exact) mass is 299 g/mol. The number of nitrogens with zero attached hydrogens (tertiary/aromatic N) is 1. The molecule has 2 N–H and O–H groups in total. The van der Waals surface area contributed by atoms with E-state index in [1.807, 2.05) is 0 Å². The summed E-state index contributed by atoms with van der Waals surface area (Å²) >= 11 is 3.16. The number of likely N-dealkylation sites (N-methyl/N-ethyl adjacent to an activating group) is 1. The first-order valence-corrected chi connectivity index (χ1v) is 6.46. The first-order chi connectivity index (χ1) is 8.11. The van der Waals surface area contributed by atoms with Gasteiger partial charge in [0, 0.05) is 18.5 Å². The maximum atomic E-state index is 13.4. The highest BCUT2D eigenvalue weighted by molar-refractivity contribution is 9.10. The number of H-pyrrole nitrogens is 1. The van der Waals surface area contributed by atoms with Gasteiger partial charge in [-0.1, -0.05) is 13.8 Å². The number of hydrogen-bond donors (Lipinski definition) is 2. The Morgan fingerprint density at radius 3 is 3.00 bits per heavy atom. The van der Waals surface area contributed by atoms with Crippen LogP contribution in [0.5, 0.6) is 0 Å². The predicted octanol–water partition coefficient (Wildman–Crippen LogP) is 3.18. The summed E-state index contributed by atoms with van der Waals surface area (Å²) in [5.41, 5.74) is 1.53. The Hall–Kier alpha value is -0.940. The van der Waals surface area contributed by atoms with Gasteiger partial charge >= 0.3 is 0 Å². The zero-order valence-electron chi connectivity index (χ0n) is 9.85. The summed E-state index contributed by atoms with van der Waals surface area (Å²) < 4.78 is 13.8. The van der Waals surface area contributed by atoms with Gasteiger partial charge in [0.05, 0.1) is 15.5 Å². The molecule has 1 unspecified atom stereocenters. The third kappa shape index (κ3) is 2.66. The van der Waals surface area contributed by atoms with Gasteiger partial charge in [-0.3, -0.25) is 0 Å². The van der Waals surface area contributed by atoms with Crippen LogP contribution in [0.4, 0.5) is 4.39 Å². The number of fused-ring (bicyclic) bond motifs is 1. The van der Waals surface area contributed by atoms with Crippen molar-refractivity contribution in [1.82, 2.24) is 15.3 Å². The first-order valence-electron chi connectivity index (χ1n) is 5.67. The number of aromatic amines is 1. The summed E-state index contributed by atoms with van der Waals surface area (Å²) in [6, 6.07) is 3.17.